The van der Waals surface area contributed by atoms with Gasteiger partial charge in [-0.3, -0.25) is 4.79 Å². The molecule has 0 spiro atoms. The molecule has 0 aromatic carbocycles. The van der Waals surface area contributed by atoms with Crippen molar-refractivity contribution in [2.24, 2.45) is 0 Å². The largest absolute Gasteiger partial charge is 0.410 e. The minimum Gasteiger partial charge on any atom is -0.362 e. The molecule has 4 heterocycles. The maximum atomic E-state index is 13.6. The quantitative estimate of drug-likeness (QED) is 0.659. The number of alkyl halides is 3. The van der Waals surface area contributed by atoms with Crippen molar-refractivity contribution in [1.82, 2.24) is 15.1 Å². The zero-order chi connectivity index (χ0) is 19.0. The molecule has 0 unspecified atom stereocenters. The Hall–Kier alpha value is -2.33. The number of rotatable bonds is 4. The van der Waals surface area contributed by atoms with E-state index in [1.165, 1.54) is 28.9 Å². The number of hydrogen-bond acceptors (Lipinski definition) is 5. The van der Waals surface area contributed by atoms with E-state index >= 15 is 0 Å². The lowest BCUT2D eigenvalue weighted by atomic mass is 10.0. The first-order chi connectivity index (χ1) is 12.9. The van der Waals surface area contributed by atoms with Gasteiger partial charge < -0.3 is 10.6 Å². The van der Waals surface area contributed by atoms with Crippen molar-refractivity contribution in [2.75, 3.05) is 5.32 Å². The SMILES string of the molecule is O=C(NCc1cccs1)c1cnn2c1N[C@@H](c1cccs1)C[C@@H]2C(F)(F)F. The molecule has 0 aliphatic carbocycles. The molecule has 10 heteroatoms. The monoisotopic (exact) mass is 412 g/mol. The van der Waals surface area contributed by atoms with Crippen LogP contribution in [-0.2, 0) is 6.54 Å². The van der Waals surface area contributed by atoms with E-state index < -0.39 is 24.2 Å². The van der Waals surface area contributed by atoms with Crippen molar-refractivity contribution in [3.05, 3.63) is 56.5 Å². The Morgan fingerprint density at radius 2 is 2.07 bits per heavy atom. The topological polar surface area (TPSA) is 59.0 Å². The lowest BCUT2D eigenvalue weighted by Crippen LogP contribution is -2.36. The average Bonchev–Trinajstić information content (AvgIpc) is 3.39. The number of anilines is 1. The van der Waals surface area contributed by atoms with Crippen LogP contribution in [0.2, 0.25) is 0 Å². The molecule has 4 rings (SSSR count). The summed E-state index contributed by atoms with van der Waals surface area (Å²) >= 11 is 2.88. The van der Waals surface area contributed by atoms with Gasteiger partial charge in [-0.05, 0) is 22.9 Å². The second-order valence-electron chi connectivity index (χ2n) is 6.12. The lowest BCUT2D eigenvalue weighted by Gasteiger charge is -2.33. The number of carbonyl (C=O) groups is 1. The molecule has 0 bridgehead atoms. The number of amides is 1. The van der Waals surface area contributed by atoms with Crippen LogP contribution in [0, 0.1) is 0 Å². The van der Waals surface area contributed by atoms with E-state index in [-0.39, 0.29) is 17.8 Å². The van der Waals surface area contributed by atoms with Gasteiger partial charge >= 0.3 is 6.18 Å². The molecule has 1 aliphatic rings. The summed E-state index contributed by atoms with van der Waals surface area (Å²) in [5.74, 6) is -0.351. The standard InChI is InChI=1S/C17H15F3N4OS2/c18-17(19,20)14-7-12(13-4-2-6-27-13)23-15-11(9-22-24(14)15)16(25)21-8-10-3-1-5-26-10/h1-6,9,12,14,23H,7-8H2,(H,21,25)/t12-,14-/m1/s1. The zero-order valence-corrected chi connectivity index (χ0v) is 15.5. The van der Waals surface area contributed by atoms with E-state index in [1.54, 1.807) is 12.1 Å². The molecule has 1 amide bonds. The summed E-state index contributed by atoms with van der Waals surface area (Å²) < 4.78 is 41.7. The van der Waals surface area contributed by atoms with Crippen LogP contribution in [0.3, 0.4) is 0 Å². The highest BCUT2D eigenvalue weighted by atomic mass is 32.1. The highest BCUT2D eigenvalue weighted by Gasteiger charge is 2.47. The third kappa shape index (κ3) is 3.59. The summed E-state index contributed by atoms with van der Waals surface area (Å²) in [6.45, 7) is 0.318. The third-order valence-corrected chi connectivity index (χ3v) is 6.24. The number of halogens is 3. The lowest BCUT2D eigenvalue weighted by molar-refractivity contribution is -0.173. The first-order valence-electron chi connectivity index (χ1n) is 8.18. The number of fused-ring (bicyclic) bond motifs is 1. The molecule has 1 aliphatic heterocycles. The number of nitrogens with one attached hydrogen (secondary N) is 2. The number of thiophene rings is 2. The molecule has 2 N–H and O–H groups in total. The fourth-order valence-electron chi connectivity index (χ4n) is 3.08. The third-order valence-electron chi connectivity index (χ3n) is 4.37. The zero-order valence-electron chi connectivity index (χ0n) is 13.9. The summed E-state index contributed by atoms with van der Waals surface area (Å²) in [5, 5.41) is 13.4. The van der Waals surface area contributed by atoms with Gasteiger partial charge in [0.15, 0.2) is 6.04 Å². The Kier molecular flexibility index (Phi) is 4.68. The van der Waals surface area contributed by atoms with Gasteiger partial charge in [-0.1, -0.05) is 12.1 Å². The van der Waals surface area contributed by atoms with Crippen LogP contribution in [0.25, 0.3) is 0 Å². The first-order valence-corrected chi connectivity index (χ1v) is 9.94. The molecule has 0 fully saturated rings. The van der Waals surface area contributed by atoms with Gasteiger partial charge in [0.1, 0.15) is 11.4 Å². The molecule has 0 saturated carbocycles. The van der Waals surface area contributed by atoms with E-state index in [0.717, 1.165) is 14.4 Å². The first kappa shape index (κ1) is 18.1. The van der Waals surface area contributed by atoms with E-state index in [4.69, 9.17) is 0 Å². The van der Waals surface area contributed by atoms with Crippen LogP contribution in [0.15, 0.2) is 41.2 Å². The number of nitrogens with zero attached hydrogens (tertiary/aromatic N) is 2. The molecule has 27 heavy (non-hydrogen) atoms. The van der Waals surface area contributed by atoms with Gasteiger partial charge in [-0.15, -0.1) is 22.7 Å². The van der Waals surface area contributed by atoms with Crippen LogP contribution in [0.1, 0.15) is 38.6 Å². The molecule has 0 radical (unpaired) electrons. The van der Waals surface area contributed by atoms with Crippen molar-refractivity contribution >= 4 is 34.4 Å². The summed E-state index contributed by atoms with van der Waals surface area (Å²) in [6, 6.07) is 5.03. The van der Waals surface area contributed by atoms with Gasteiger partial charge in [0.05, 0.1) is 18.8 Å². The molecule has 0 saturated heterocycles. The fourth-order valence-corrected chi connectivity index (χ4v) is 4.52. The minimum atomic E-state index is -4.46. The Morgan fingerprint density at radius 1 is 1.30 bits per heavy atom. The Labute approximate surface area is 160 Å². The number of hydrogen-bond donors (Lipinski definition) is 2. The second-order valence-corrected chi connectivity index (χ2v) is 8.13. The Balaban J connectivity index is 1.63. The van der Waals surface area contributed by atoms with E-state index in [0.29, 0.717) is 6.54 Å². The highest BCUT2D eigenvalue weighted by Crippen LogP contribution is 2.45. The predicted molar refractivity (Wildman–Crippen MR) is 98.1 cm³/mol. The average molecular weight is 412 g/mol. The molecule has 3 aromatic heterocycles. The number of carbonyl (C=O) groups excluding carboxylic acids is 1. The molecular weight excluding hydrogens is 397 g/mol. The summed E-state index contributed by atoms with van der Waals surface area (Å²) in [4.78, 5) is 14.3. The van der Waals surface area contributed by atoms with Gasteiger partial charge in [-0.2, -0.15) is 18.3 Å². The van der Waals surface area contributed by atoms with Crippen molar-refractivity contribution in [3.8, 4) is 0 Å². The van der Waals surface area contributed by atoms with E-state index in [1.807, 2.05) is 22.9 Å². The summed E-state index contributed by atoms with van der Waals surface area (Å²) in [6.07, 6.45) is -3.43. The van der Waals surface area contributed by atoms with E-state index in [2.05, 4.69) is 15.7 Å². The Bertz CT molecular complexity index is 919. The maximum Gasteiger partial charge on any atom is 0.410 e. The predicted octanol–water partition coefficient (Wildman–Crippen LogP) is 4.60. The maximum absolute atomic E-state index is 13.6. The van der Waals surface area contributed by atoms with Crippen molar-refractivity contribution in [2.45, 2.75) is 31.2 Å². The van der Waals surface area contributed by atoms with Gasteiger partial charge in [0.25, 0.3) is 5.91 Å². The van der Waals surface area contributed by atoms with Crippen molar-refractivity contribution in [1.29, 1.82) is 0 Å². The van der Waals surface area contributed by atoms with Crippen molar-refractivity contribution < 1.29 is 18.0 Å². The van der Waals surface area contributed by atoms with E-state index in [9.17, 15) is 18.0 Å². The second kappa shape index (κ2) is 7.01. The van der Waals surface area contributed by atoms with Crippen LogP contribution in [0.4, 0.5) is 19.0 Å². The number of aromatic nitrogens is 2. The summed E-state index contributed by atoms with van der Waals surface area (Å²) in [7, 11) is 0. The van der Waals surface area contributed by atoms with Crippen LogP contribution < -0.4 is 10.6 Å². The smallest absolute Gasteiger partial charge is 0.362 e. The molecule has 3 aromatic rings. The van der Waals surface area contributed by atoms with Gasteiger partial charge in [0, 0.05) is 16.2 Å². The minimum absolute atomic E-state index is 0.102. The van der Waals surface area contributed by atoms with Crippen LogP contribution >= 0.6 is 22.7 Å². The fraction of sp³-hybridized carbons (Fsp3) is 0.294. The summed E-state index contributed by atoms with van der Waals surface area (Å²) in [5.41, 5.74) is 0.113. The molecule has 142 valence electrons. The molecule has 2 atom stereocenters. The molecular formula is C17H15F3N4OS2. The van der Waals surface area contributed by atoms with Gasteiger partial charge in [-0.25, -0.2) is 4.68 Å². The van der Waals surface area contributed by atoms with Crippen LogP contribution in [0.5, 0.6) is 0 Å². The van der Waals surface area contributed by atoms with Crippen molar-refractivity contribution in [3.63, 3.8) is 0 Å². The normalized spacial score (nSPS) is 19.4. The Morgan fingerprint density at radius 3 is 2.74 bits per heavy atom. The highest BCUT2D eigenvalue weighted by molar-refractivity contribution is 7.10. The van der Waals surface area contributed by atoms with Crippen LogP contribution in [-0.4, -0.2) is 21.9 Å². The molecule has 5 nitrogen and oxygen atoms in total. The van der Waals surface area contributed by atoms with Gasteiger partial charge in [0.2, 0.25) is 0 Å².